The van der Waals surface area contributed by atoms with Crippen LogP contribution in [-0.4, -0.2) is 12.3 Å². The largest absolute Gasteiger partial charge is 1.00 e. The first-order chi connectivity index (χ1) is 10.2. The van der Waals surface area contributed by atoms with E-state index in [9.17, 15) is 4.79 Å². The molecule has 0 spiro atoms. The number of carbonyl (C=O) groups excluding carboxylic acids is 1. The fourth-order valence-electron chi connectivity index (χ4n) is 1.52. The van der Waals surface area contributed by atoms with Crippen LogP contribution in [-0.2, 0) is 4.79 Å². The van der Waals surface area contributed by atoms with Crippen LogP contribution >= 0.6 is 0 Å². The number of nitrogens with two attached hydrogens (primary N) is 1. The summed E-state index contributed by atoms with van der Waals surface area (Å²) < 4.78 is 0. The number of rotatable bonds is 7. The maximum Gasteiger partial charge on any atom is 1.00 e. The van der Waals surface area contributed by atoms with E-state index in [4.69, 9.17) is 5.73 Å². The Morgan fingerprint density at radius 1 is 1.22 bits per heavy atom. The van der Waals surface area contributed by atoms with Crippen LogP contribution in [0.5, 0.6) is 0 Å². The van der Waals surface area contributed by atoms with Crippen molar-refractivity contribution in [3.63, 3.8) is 0 Å². The van der Waals surface area contributed by atoms with E-state index in [1.165, 1.54) is 26.7 Å². The van der Waals surface area contributed by atoms with Crippen molar-refractivity contribution < 1.29 is 56.2 Å². The molecule has 0 aliphatic carbocycles. The molecule has 0 atom stereocenters. The van der Waals surface area contributed by atoms with E-state index in [0.29, 0.717) is 6.54 Å². The van der Waals surface area contributed by atoms with E-state index in [-0.39, 0.29) is 62.6 Å². The minimum atomic E-state index is 0. The molecule has 0 heterocycles. The average Bonchev–Trinajstić information content (AvgIpc) is 2.38. The van der Waals surface area contributed by atoms with Crippen LogP contribution in [0.3, 0.4) is 0 Å². The van der Waals surface area contributed by atoms with Gasteiger partial charge in [-0.05, 0) is 13.8 Å². The van der Waals surface area contributed by atoms with Crippen LogP contribution < -0.4 is 57.1 Å². The molecule has 0 amide bonds. The molecular formula is C20H36KNO-2. The van der Waals surface area contributed by atoms with Gasteiger partial charge >= 0.3 is 51.4 Å². The van der Waals surface area contributed by atoms with Gasteiger partial charge in [0.25, 0.3) is 0 Å². The van der Waals surface area contributed by atoms with Crippen molar-refractivity contribution >= 4 is 5.78 Å². The predicted octanol–water partition coefficient (Wildman–Crippen LogP) is 2.28. The molecule has 0 saturated carbocycles. The summed E-state index contributed by atoms with van der Waals surface area (Å²) in [4.78, 5) is 9.44. The van der Waals surface area contributed by atoms with Gasteiger partial charge in [-0.1, -0.05) is 33.6 Å². The first-order valence-corrected chi connectivity index (χ1v) is 7.92. The average molecular weight is 346 g/mol. The maximum absolute atomic E-state index is 9.44. The van der Waals surface area contributed by atoms with Gasteiger partial charge in [0.15, 0.2) is 0 Å². The van der Waals surface area contributed by atoms with Crippen molar-refractivity contribution in [2.24, 2.45) is 11.1 Å². The number of hydrogen-bond donors (Lipinski definition) is 1. The van der Waals surface area contributed by atoms with Gasteiger partial charge in [-0.2, -0.15) is 6.08 Å². The second kappa shape index (κ2) is 22.5. The van der Waals surface area contributed by atoms with Crippen LogP contribution in [0.4, 0.5) is 0 Å². The Hall–Kier alpha value is 0.486. The fourth-order valence-corrected chi connectivity index (χ4v) is 1.52. The van der Waals surface area contributed by atoms with Crippen LogP contribution in [0.15, 0.2) is 30.4 Å². The summed E-state index contributed by atoms with van der Waals surface area (Å²) in [5.41, 5.74) is 6.29. The van der Waals surface area contributed by atoms with Gasteiger partial charge in [0, 0.05) is 6.54 Å². The Balaban J connectivity index is -0.000000124. The van der Waals surface area contributed by atoms with Crippen molar-refractivity contribution in [1.82, 2.24) is 0 Å². The first kappa shape index (κ1) is 31.3. The van der Waals surface area contributed by atoms with Crippen molar-refractivity contribution in [2.45, 2.75) is 60.3 Å². The quantitative estimate of drug-likeness (QED) is 0.437. The number of Topliss-reactive ketones (excluding diaryl/α,β-unsaturated/α-hetero) is 1. The topological polar surface area (TPSA) is 43.1 Å². The van der Waals surface area contributed by atoms with Gasteiger partial charge in [-0.15, -0.1) is 25.0 Å². The third-order valence-corrected chi connectivity index (χ3v) is 2.40. The molecule has 0 aromatic heterocycles. The predicted molar refractivity (Wildman–Crippen MR) is 100 cm³/mol. The normalized spacial score (nSPS) is 10.3. The number of hydrogen-bond acceptors (Lipinski definition) is 2. The summed E-state index contributed by atoms with van der Waals surface area (Å²) in [6, 6.07) is 0. The van der Waals surface area contributed by atoms with Crippen LogP contribution in [0.2, 0.25) is 0 Å². The van der Waals surface area contributed by atoms with Gasteiger partial charge in [0.1, 0.15) is 5.78 Å². The molecule has 0 aliphatic heterocycles. The number of ketones is 1. The molecule has 2 nitrogen and oxygen atoms in total. The summed E-state index contributed by atoms with van der Waals surface area (Å²) in [6.45, 7) is 21.6. The Morgan fingerprint density at radius 2 is 1.61 bits per heavy atom. The van der Waals surface area contributed by atoms with Crippen molar-refractivity contribution in [1.29, 1.82) is 0 Å². The third-order valence-electron chi connectivity index (χ3n) is 2.40. The molecule has 2 N–H and O–H groups in total. The SMILES string of the molecule is C=C(/C=C\[C-]=CC)CN.CC(C)=O.[CH2-]C([CH2-])(CCC)CCC.[K+]. The zero-order valence-electron chi connectivity index (χ0n) is 16.4. The Morgan fingerprint density at radius 3 is 1.87 bits per heavy atom. The first-order valence-electron chi connectivity index (χ1n) is 7.92. The molecular weight excluding hydrogens is 309 g/mol. The van der Waals surface area contributed by atoms with E-state index in [1.54, 1.807) is 6.08 Å². The molecule has 0 aromatic rings. The van der Waals surface area contributed by atoms with E-state index >= 15 is 0 Å². The Labute approximate surface area is 188 Å². The minimum absolute atomic E-state index is 0. The summed E-state index contributed by atoms with van der Waals surface area (Å²) in [5.74, 6) is 0.167. The molecule has 0 rings (SSSR count). The van der Waals surface area contributed by atoms with Crippen LogP contribution in [0.25, 0.3) is 0 Å². The molecule has 0 saturated heterocycles. The summed E-state index contributed by atoms with van der Waals surface area (Å²) in [5, 5.41) is 0. The van der Waals surface area contributed by atoms with Crippen molar-refractivity contribution in [2.75, 3.05) is 6.54 Å². The van der Waals surface area contributed by atoms with Crippen molar-refractivity contribution in [3.8, 4) is 0 Å². The Kier molecular flexibility index (Phi) is 30.6. The van der Waals surface area contributed by atoms with Gasteiger partial charge in [0.05, 0.1) is 0 Å². The van der Waals surface area contributed by atoms with E-state index in [1.807, 2.05) is 19.1 Å². The zero-order valence-corrected chi connectivity index (χ0v) is 19.5. The van der Waals surface area contributed by atoms with Crippen molar-refractivity contribution in [3.05, 3.63) is 50.3 Å². The second-order valence-corrected chi connectivity index (χ2v) is 5.56. The Bertz CT molecular complexity index is 319. The van der Waals surface area contributed by atoms with Crippen LogP contribution in [0.1, 0.15) is 60.3 Å². The van der Waals surface area contributed by atoms with Gasteiger partial charge in [-0.3, -0.25) is 11.5 Å². The van der Waals surface area contributed by atoms with Crippen LogP contribution in [0, 0.1) is 25.3 Å². The van der Waals surface area contributed by atoms with Gasteiger partial charge < -0.3 is 24.4 Å². The standard InChI is InChI=1S/C9H18.C8H12N.C3H6O.K/c1-5-7-9(3,4)8-6-2;1-3-4-5-6-8(2)7-9;1-3(2)4;/h3-8H2,1-2H3;3,5-6H,2,7,9H2,1H3;1-2H3;/q-2;-1;;+1/b;6-5-;;. The number of carbonyl (C=O) groups is 1. The van der Waals surface area contributed by atoms with E-state index in [0.717, 1.165) is 18.4 Å². The maximum atomic E-state index is 9.44. The monoisotopic (exact) mass is 345 g/mol. The molecule has 0 bridgehead atoms. The number of allylic oxidation sites excluding steroid dienone is 3. The summed E-state index contributed by atoms with van der Waals surface area (Å²) in [7, 11) is 0. The van der Waals surface area contributed by atoms with E-state index in [2.05, 4.69) is 40.3 Å². The molecule has 3 heteroatoms. The molecule has 0 fully saturated rings. The zero-order chi connectivity index (χ0) is 18.0. The van der Waals surface area contributed by atoms with E-state index < -0.39 is 0 Å². The smallest absolute Gasteiger partial charge is 0.367 e. The molecule has 23 heavy (non-hydrogen) atoms. The molecule has 130 valence electrons. The fraction of sp³-hybridized carbons (Fsp3) is 0.550. The second-order valence-electron chi connectivity index (χ2n) is 5.56. The third kappa shape index (κ3) is 39.4. The van der Waals surface area contributed by atoms with Gasteiger partial charge in [-0.25, -0.2) is 12.2 Å². The molecule has 0 aromatic carbocycles. The molecule has 0 radical (unpaired) electrons. The summed E-state index contributed by atoms with van der Waals surface area (Å²) >= 11 is 0. The van der Waals surface area contributed by atoms with Gasteiger partial charge in [0.2, 0.25) is 0 Å². The molecule has 0 unspecified atom stereocenters. The minimum Gasteiger partial charge on any atom is -0.367 e. The molecule has 0 aliphatic rings. The summed E-state index contributed by atoms with van der Waals surface area (Å²) in [6.07, 6.45) is 13.1.